The van der Waals surface area contributed by atoms with Gasteiger partial charge in [0.2, 0.25) is 0 Å². The number of nitrogens with zero attached hydrogens (tertiary/aromatic N) is 2. The molecule has 0 aromatic rings. The Balaban J connectivity index is 2.26. The summed E-state index contributed by atoms with van der Waals surface area (Å²) in [4.78, 5) is 60.8. The fourth-order valence-corrected chi connectivity index (χ4v) is 4.12. The third kappa shape index (κ3) is 3.38. The van der Waals surface area contributed by atoms with Gasteiger partial charge in [0.05, 0.1) is 12.0 Å². The van der Waals surface area contributed by atoms with Crippen LogP contribution in [0.3, 0.4) is 0 Å². The van der Waals surface area contributed by atoms with E-state index in [9.17, 15) is 29.1 Å². The Kier molecular flexibility index (Phi) is 5.48. The molecule has 2 aliphatic rings. The number of rotatable bonds is 4. The van der Waals surface area contributed by atoms with Crippen LogP contribution in [0.2, 0.25) is 0 Å². The molecule has 136 valence electrons. The van der Waals surface area contributed by atoms with Gasteiger partial charge in [-0.25, -0.2) is 4.79 Å². The monoisotopic (exact) mass is 369 g/mol. The van der Waals surface area contributed by atoms with Crippen molar-refractivity contribution in [1.29, 1.82) is 0 Å². The molecule has 0 aromatic carbocycles. The molecule has 8 nitrogen and oxygen atoms in total. The predicted octanol–water partition coefficient (Wildman–Crippen LogP) is 1.01. The fourth-order valence-electron chi connectivity index (χ4n) is 3.49. The van der Waals surface area contributed by atoms with Crippen molar-refractivity contribution in [3.05, 3.63) is 12.2 Å². The minimum Gasteiger partial charge on any atom is -0.435 e. The van der Waals surface area contributed by atoms with Crippen molar-refractivity contribution in [3.8, 4) is 0 Å². The molecule has 2 heterocycles. The summed E-state index contributed by atoms with van der Waals surface area (Å²) in [5.74, 6) is -1.93. The van der Waals surface area contributed by atoms with Gasteiger partial charge in [-0.05, 0) is 13.8 Å². The highest BCUT2D eigenvalue weighted by atomic mass is 32.2. The van der Waals surface area contributed by atoms with Crippen LogP contribution in [-0.2, 0) is 19.2 Å². The zero-order chi connectivity index (χ0) is 18.9. The molecular formula is C16H21N2O6S+. The van der Waals surface area contributed by atoms with Crippen LogP contribution >= 0.6 is 11.8 Å². The molecular weight excluding hydrogens is 348 g/mol. The molecule has 4 amide bonds. The van der Waals surface area contributed by atoms with Crippen LogP contribution in [-0.4, -0.2) is 67.8 Å². The molecule has 25 heavy (non-hydrogen) atoms. The molecule has 9 heteroatoms. The van der Waals surface area contributed by atoms with E-state index in [2.05, 4.69) is 0 Å². The maximum atomic E-state index is 12.9. The van der Waals surface area contributed by atoms with E-state index >= 15 is 0 Å². The number of hydrogen-bond acceptors (Lipinski definition) is 6. The summed E-state index contributed by atoms with van der Waals surface area (Å²) in [6, 6.07) is -1.22. The summed E-state index contributed by atoms with van der Waals surface area (Å²) in [7, 11) is 0. The summed E-state index contributed by atoms with van der Waals surface area (Å²) in [6.45, 7) is 4.46. The summed E-state index contributed by atoms with van der Waals surface area (Å²) >= 11 is 0.974. The maximum absolute atomic E-state index is 12.9. The second-order valence-corrected chi connectivity index (χ2v) is 7.69. The highest BCUT2D eigenvalue weighted by molar-refractivity contribution is 8.13. The van der Waals surface area contributed by atoms with Gasteiger partial charge in [0.15, 0.2) is 5.12 Å². The maximum Gasteiger partial charge on any atom is 0.521 e. The second kappa shape index (κ2) is 7.09. The van der Waals surface area contributed by atoms with Gasteiger partial charge in [0.1, 0.15) is 12.6 Å². The Hall–Kier alpha value is -2.00. The van der Waals surface area contributed by atoms with E-state index in [0.29, 0.717) is 0 Å². The standard InChI is InChI=1S/C16H20N2O6S/c1-9(8-25-11(3)19)15(22)18(16(23)24)7-12(6-10(18)2)17-13(20)4-5-14(17)21/h4-5,9-10,12H,6-8H2,1-3H3/p+1/t9?,10-,12+,18+/m1/s1. The number of thioether (sulfide) groups is 1. The zero-order valence-electron chi connectivity index (χ0n) is 14.3. The summed E-state index contributed by atoms with van der Waals surface area (Å²) in [5, 5.41) is 9.65. The average molecular weight is 369 g/mol. The van der Waals surface area contributed by atoms with E-state index in [1.54, 1.807) is 13.8 Å². The van der Waals surface area contributed by atoms with Crippen molar-refractivity contribution in [3.63, 3.8) is 0 Å². The Bertz CT molecular complexity index is 658. The molecule has 4 atom stereocenters. The van der Waals surface area contributed by atoms with Gasteiger partial charge in [0, 0.05) is 31.2 Å². The molecule has 0 aliphatic carbocycles. The Morgan fingerprint density at radius 1 is 1.32 bits per heavy atom. The normalized spacial score (nSPS) is 30.0. The largest absolute Gasteiger partial charge is 0.521 e. The predicted molar refractivity (Wildman–Crippen MR) is 89.3 cm³/mol. The second-order valence-electron chi connectivity index (χ2n) is 6.49. The van der Waals surface area contributed by atoms with Gasteiger partial charge in [-0.2, -0.15) is 9.28 Å². The lowest BCUT2D eigenvalue weighted by atomic mass is 10.1. The number of hydrogen-bond donors (Lipinski definition) is 1. The zero-order valence-corrected chi connectivity index (χ0v) is 15.1. The highest BCUT2D eigenvalue weighted by Gasteiger charge is 2.59. The molecule has 0 spiro atoms. The molecule has 1 N–H and O–H groups in total. The molecule has 1 fully saturated rings. The van der Waals surface area contributed by atoms with Crippen molar-refractivity contribution in [2.45, 2.75) is 39.3 Å². The van der Waals surface area contributed by atoms with Crippen molar-refractivity contribution in [2.24, 2.45) is 5.92 Å². The van der Waals surface area contributed by atoms with Gasteiger partial charge >= 0.3 is 12.0 Å². The molecule has 0 saturated carbocycles. The van der Waals surface area contributed by atoms with Crippen LogP contribution in [0.1, 0.15) is 27.2 Å². The minimum atomic E-state index is -1.30. The first kappa shape index (κ1) is 19.3. The molecule has 1 unspecified atom stereocenters. The van der Waals surface area contributed by atoms with Crippen LogP contribution in [0.5, 0.6) is 0 Å². The van der Waals surface area contributed by atoms with Crippen molar-refractivity contribution in [2.75, 3.05) is 12.3 Å². The van der Waals surface area contributed by atoms with E-state index < -0.39 is 46.3 Å². The van der Waals surface area contributed by atoms with Crippen molar-refractivity contribution < 1.29 is 33.6 Å². The van der Waals surface area contributed by atoms with Crippen LogP contribution in [0.4, 0.5) is 4.79 Å². The van der Waals surface area contributed by atoms with E-state index in [4.69, 9.17) is 0 Å². The van der Waals surface area contributed by atoms with E-state index in [1.165, 1.54) is 6.92 Å². The molecule has 0 bridgehead atoms. The van der Waals surface area contributed by atoms with E-state index in [1.807, 2.05) is 0 Å². The molecule has 2 aliphatic heterocycles. The molecule has 0 radical (unpaired) electrons. The summed E-state index contributed by atoms with van der Waals surface area (Å²) in [6.07, 6.45) is 1.24. The Morgan fingerprint density at radius 3 is 2.36 bits per heavy atom. The number of carbonyl (C=O) groups excluding carboxylic acids is 4. The van der Waals surface area contributed by atoms with Crippen molar-refractivity contribution >= 4 is 40.7 Å². The first-order chi connectivity index (χ1) is 11.6. The van der Waals surface area contributed by atoms with E-state index in [-0.39, 0.29) is 23.8 Å². The molecule has 2 rings (SSSR count). The number of likely N-dealkylation sites (tertiary alicyclic amines) is 1. The van der Waals surface area contributed by atoms with Gasteiger partial charge in [0.25, 0.3) is 11.8 Å². The molecule has 0 aromatic heterocycles. The van der Waals surface area contributed by atoms with Crippen LogP contribution in [0.15, 0.2) is 12.2 Å². The Morgan fingerprint density at radius 2 is 1.88 bits per heavy atom. The van der Waals surface area contributed by atoms with Gasteiger partial charge in [-0.1, -0.05) is 11.8 Å². The SMILES string of the molecule is CC(=O)SCC(C)C(=O)[N@+]1(C(=O)O)C[C@@H](N2C(=O)C=CC2=O)C[C@H]1C. The van der Waals surface area contributed by atoms with Gasteiger partial charge in [-0.15, -0.1) is 0 Å². The van der Waals surface area contributed by atoms with Crippen LogP contribution in [0.25, 0.3) is 0 Å². The average Bonchev–Trinajstić information content (AvgIpc) is 3.04. The lowest BCUT2D eigenvalue weighted by molar-refractivity contribution is -0.794. The third-order valence-electron chi connectivity index (χ3n) is 4.77. The number of imide groups is 2. The first-order valence-electron chi connectivity index (χ1n) is 7.95. The number of quaternary nitrogens is 1. The highest BCUT2D eigenvalue weighted by Crippen LogP contribution is 2.34. The fraction of sp³-hybridized carbons (Fsp3) is 0.562. The van der Waals surface area contributed by atoms with Gasteiger partial charge < -0.3 is 5.11 Å². The lowest BCUT2D eigenvalue weighted by Gasteiger charge is -2.32. The minimum absolute atomic E-state index is 0.145. The van der Waals surface area contributed by atoms with Crippen LogP contribution in [0, 0.1) is 5.92 Å². The Labute approximate surface area is 149 Å². The summed E-state index contributed by atoms with van der Waals surface area (Å²) < 4.78 is -0.832. The van der Waals surface area contributed by atoms with Gasteiger partial charge in [-0.3, -0.25) is 19.3 Å². The first-order valence-corrected chi connectivity index (χ1v) is 8.94. The van der Waals surface area contributed by atoms with Crippen molar-refractivity contribution in [1.82, 2.24) is 4.90 Å². The number of carboxylic acid groups (broad SMARTS) is 1. The summed E-state index contributed by atoms with van der Waals surface area (Å²) in [5.41, 5.74) is 0. The number of amides is 4. The van der Waals surface area contributed by atoms with Crippen LogP contribution < -0.4 is 0 Å². The smallest absolute Gasteiger partial charge is 0.435 e. The quantitative estimate of drug-likeness (QED) is 0.582. The third-order valence-corrected chi connectivity index (χ3v) is 5.84. The number of carbonyl (C=O) groups is 5. The van der Waals surface area contributed by atoms with E-state index in [0.717, 1.165) is 28.8 Å². The molecule has 1 saturated heterocycles. The lowest BCUT2D eigenvalue weighted by Crippen LogP contribution is -2.61. The topological polar surface area (TPSA) is 109 Å².